The van der Waals surface area contributed by atoms with Crippen LogP contribution in [0.2, 0.25) is 0 Å². The lowest BCUT2D eigenvalue weighted by Gasteiger charge is -1.95. The lowest BCUT2D eigenvalue weighted by molar-refractivity contribution is 1.21. The van der Waals surface area contributed by atoms with E-state index in [9.17, 15) is 0 Å². The zero-order valence-corrected chi connectivity index (χ0v) is 7.63. The summed E-state index contributed by atoms with van der Waals surface area (Å²) < 4.78 is 0. The van der Waals surface area contributed by atoms with E-state index in [0.29, 0.717) is 11.4 Å². The molecule has 0 spiro atoms. The van der Waals surface area contributed by atoms with Gasteiger partial charge in [0.15, 0.2) is 0 Å². The van der Waals surface area contributed by atoms with Gasteiger partial charge in [-0.2, -0.15) is 5.26 Å². The van der Waals surface area contributed by atoms with Gasteiger partial charge in [-0.3, -0.25) is 0 Å². The van der Waals surface area contributed by atoms with Crippen LogP contribution in [0.25, 0.3) is 0 Å². The Kier molecular flexibility index (Phi) is 4.47. The van der Waals surface area contributed by atoms with E-state index in [1.165, 1.54) is 6.20 Å². The molecule has 1 heterocycles. The fraction of sp³-hybridized carbons (Fsp3) is 0.333. The predicted octanol–water partition coefficient (Wildman–Crippen LogP) is 1.87. The van der Waals surface area contributed by atoms with Gasteiger partial charge in [-0.05, 0) is 18.6 Å². The highest BCUT2D eigenvalue weighted by molar-refractivity contribution is 5.42. The van der Waals surface area contributed by atoms with Crippen molar-refractivity contribution in [1.29, 1.82) is 5.26 Å². The second-order valence-electron chi connectivity index (χ2n) is 2.05. The third-order valence-corrected chi connectivity index (χ3v) is 1.21. The van der Waals surface area contributed by atoms with Crippen molar-refractivity contribution in [2.75, 3.05) is 5.73 Å². The van der Waals surface area contributed by atoms with E-state index in [-0.39, 0.29) is 0 Å². The molecule has 0 amide bonds. The monoisotopic (exact) mass is 163 g/mol. The summed E-state index contributed by atoms with van der Waals surface area (Å²) in [5, 5.41) is 8.46. The van der Waals surface area contributed by atoms with Gasteiger partial charge in [0.1, 0.15) is 11.8 Å². The minimum Gasteiger partial charge on any atom is -0.397 e. The Labute approximate surface area is 72.8 Å². The summed E-state index contributed by atoms with van der Waals surface area (Å²) in [6.45, 7) is 5.81. The van der Waals surface area contributed by atoms with Crippen molar-refractivity contribution in [2.45, 2.75) is 20.8 Å². The van der Waals surface area contributed by atoms with E-state index in [4.69, 9.17) is 11.0 Å². The van der Waals surface area contributed by atoms with Gasteiger partial charge in [0.2, 0.25) is 0 Å². The van der Waals surface area contributed by atoms with Crippen LogP contribution in [0.1, 0.15) is 25.1 Å². The maximum absolute atomic E-state index is 8.46. The number of rotatable bonds is 0. The Balaban J connectivity index is 0.000000561. The van der Waals surface area contributed by atoms with E-state index >= 15 is 0 Å². The Morgan fingerprint density at radius 1 is 1.50 bits per heavy atom. The number of nitrogens with two attached hydrogens (primary N) is 1. The molecule has 0 radical (unpaired) electrons. The van der Waals surface area contributed by atoms with Crippen LogP contribution >= 0.6 is 0 Å². The van der Waals surface area contributed by atoms with Crippen LogP contribution < -0.4 is 5.73 Å². The van der Waals surface area contributed by atoms with Gasteiger partial charge < -0.3 is 5.73 Å². The SMILES string of the molecule is CC.Cc1cc(N)cnc1C#N. The molecule has 0 bridgehead atoms. The lowest BCUT2D eigenvalue weighted by atomic mass is 10.2. The molecular weight excluding hydrogens is 150 g/mol. The van der Waals surface area contributed by atoms with E-state index < -0.39 is 0 Å². The van der Waals surface area contributed by atoms with E-state index in [1.54, 1.807) is 6.07 Å². The van der Waals surface area contributed by atoms with Gasteiger partial charge >= 0.3 is 0 Å². The molecule has 0 aliphatic carbocycles. The second kappa shape index (κ2) is 5.14. The van der Waals surface area contributed by atoms with Crippen molar-refractivity contribution in [3.63, 3.8) is 0 Å². The summed E-state index contributed by atoms with van der Waals surface area (Å²) in [7, 11) is 0. The maximum Gasteiger partial charge on any atom is 0.143 e. The average Bonchev–Trinajstić information content (AvgIpc) is 2.08. The van der Waals surface area contributed by atoms with Crippen molar-refractivity contribution in [2.24, 2.45) is 0 Å². The summed E-state index contributed by atoms with van der Waals surface area (Å²) in [4.78, 5) is 3.81. The minimum absolute atomic E-state index is 0.439. The van der Waals surface area contributed by atoms with Crippen LogP contribution in [-0.2, 0) is 0 Å². The molecule has 0 fully saturated rings. The summed E-state index contributed by atoms with van der Waals surface area (Å²) in [6.07, 6.45) is 1.48. The van der Waals surface area contributed by atoms with Gasteiger partial charge in [0.05, 0.1) is 11.9 Å². The molecule has 0 saturated heterocycles. The number of aromatic nitrogens is 1. The van der Waals surface area contributed by atoms with Gasteiger partial charge in [0, 0.05) is 0 Å². The Bertz CT molecular complexity index is 286. The summed E-state index contributed by atoms with van der Waals surface area (Å²) in [6, 6.07) is 3.68. The van der Waals surface area contributed by atoms with Gasteiger partial charge in [-0.15, -0.1) is 0 Å². The maximum atomic E-state index is 8.46. The van der Waals surface area contributed by atoms with Crippen molar-refractivity contribution in [1.82, 2.24) is 4.98 Å². The highest BCUT2D eigenvalue weighted by Crippen LogP contribution is 2.06. The fourth-order valence-electron chi connectivity index (χ4n) is 0.714. The first-order valence-electron chi connectivity index (χ1n) is 3.86. The largest absolute Gasteiger partial charge is 0.397 e. The molecule has 0 aliphatic rings. The summed E-state index contributed by atoms with van der Waals surface area (Å²) in [5.74, 6) is 0. The quantitative estimate of drug-likeness (QED) is 0.635. The van der Waals surface area contributed by atoms with Crippen LogP contribution in [0.3, 0.4) is 0 Å². The summed E-state index contributed by atoms with van der Waals surface area (Å²) in [5.41, 5.74) is 7.27. The Morgan fingerprint density at radius 3 is 2.50 bits per heavy atom. The van der Waals surface area contributed by atoms with Crippen molar-refractivity contribution >= 4 is 5.69 Å². The van der Waals surface area contributed by atoms with Crippen LogP contribution in [0.15, 0.2) is 12.3 Å². The average molecular weight is 163 g/mol. The number of pyridine rings is 1. The van der Waals surface area contributed by atoms with E-state index in [0.717, 1.165) is 5.56 Å². The smallest absolute Gasteiger partial charge is 0.143 e. The lowest BCUT2D eigenvalue weighted by Crippen LogP contribution is -1.91. The van der Waals surface area contributed by atoms with E-state index in [1.807, 2.05) is 26.8 Å². The number of anilines is 1. The first-order valence-corrected chi connectivity index (χ1v) is 3.86. The number of nitrogens with zero attached hydrogens (tertiary/aromatic N) is 2. The van der Waals surface area contributed by atoms with Gasteiger partial charge in [-0.25, -0.2) is 4.98 Å². The molecular formula is C9H13N3. The molecule has 0 unspecified atom stereocenters. The molecule has 1 rings (SSSR count). The Morgan fingerprint density at radius 2 is 2.08 bits per heavy atom. The molecule has 12 heavy (non-hydrogen) atoms. The second-order valence-corrected chi connectivity index (χ2v) is 2.05. The van der Waals surface area contributed by atoms with Crippen LogP contribution in [-0.4, -0.2) is 4.98 Å². The number of hydrogen-bond acceptors (Lipinski definition) is 3. The van der Waals surface area contributed by atoms with Crippen LogP contribution in [0, 0.1) is 18.3 Å². The molecule has 1 aromatic heterocycles. The molecule has 1 aromatic rings. The number of nitrogen functional groups attached to an aromatic ring is 1. The van der Waals surface area contributed by atoms with Crippen molar-refractivity contribution < 1.29 is 0 Å². The normalized spacial score (nSPS) is 7.83. The molecule has 0 saturated carbocycles. The first-order chi connectivity index (χ1) is 5.74. The Hall–Kier alpha value is -1.56. The topological polar surface area (TPSA) is 62.7 Å². The third-order valence-electron chi connectivity index (χ3n) is 1.21. The minimum atomic E-state index is 0.439. The third kappa shape index (κ3) is 2.59. The van der Waals surface area contributed by atoms with Crippen LogP contribution in [0.5, 0.6) is 0 Å². The number of aryl methyl sites for hydroxylation is 1. The zero-order chi connectivity index (χ0) is 9.56. The molecule has 2 N–H and O–H groups in total. The number of nitriles is 1. The number of hydrogen-bond donors (Lipinski definition) is 1. The molecule has 0 aromatic carbocycles. The predicted molar refractivity (Wildman–Crippen MR) is 49.4 cm³/mol. The first kappa shape index (κ1) is 10.4. The van der Waals surface area contributed by atoms with Crippen LogP contribution in [0.4, 0.5) is 5.69 Å². The molecule has 0 aliphatic heterocycles. The zero-order valence-electron chi connectivity index (χ0n) is 7.63. The standard InChI is InChI=1S/C7H7N3.C2H6/c1-5-2-6(9)4-10-7(5)3-8;1-2/h2,4H,9H2,1H3;1-2H3. The molecule has 3 heteroatoms. The van der Waals surface area contributed by atoms with E-state index in [2.05, 4.69) is 4.98 Å². The highest BCUT2D eigenvalue weighted by Gasteiger charge is 1.96. The highest BCUT2D eigenvalue weighted by atomic mass is 14.7. The van der Waals surface area contributed by atoms with Gasteiger partial charge in [0.25, 0.3) is 0 Å². The van der Waals surface area contributed by atoms with Gasteiger partial charge in [-0.1, -0.05) is 13.8 Å². The molecule has 3 nitrogen and oxygen atoms in total. The van der Waals surface area contributed by atoms with Crippen molar-refractivity contribution in [3.8, 4) is 6.07 Å². The fourth-order valence-corrected chi connectivity index (χ4v) is 0.714. The molecule has 0 atom stereocenters. The van der Waals surface area contributed by atoms with Crippen molar-refractivity contribution in [3.05, 3.63) is 23.5 Å². The summed E-state index contributed by atoms with van der Waals surface area (Å²) >= 11 is 0. The molecule has 64 valence electrons.